The molecule has 2 fully saturated rings. The minimum Gasteiger partial charge on any atom is -0.493 e. The third kappa shape index (κ3) is 22.8. The zero-order valence-corrected chi connectivity index (χ0v) is 59.4. The molecule has 0 radical (unpaired) electrons. The number of hydrogen-bond donors (Lipinski definition) is 3. The summed E-state index contributed by atoms with van der Waals surface area (Å²) in [5.74, 6) is -0.949. The molecule has 3 aromatic carbocycles. The molecule has 5 aliphatic heterocycles. The summed E-state index contributed by atoms with van der Waals surface area (Å²) in [7, 11) is 3.05. The lowest BCUT2D eigenvalue weighted by Gasteiger charge is -2.23. The number of carbonyl (C=O) groups excluding carboxylic acids is 8. The SMILES string of the molecule is COc1cc2c(cc1OCCCOc1cc3c(cc1OC)C(=O)N1C=C(C4CC4)C[C@H]1C=N3)N=C[C@@H]1CC(c3ccc(NC(=O)[C@H](C)CC(=O)[C@@H](NC(=O)CCOCCOCCOCCOCCOCCOCCOCCOCCNC(=O)CCN4C(=O)CC(C)C4=O)C(C)C)cc3)=CN1C2=O. The number of likely N-dealkylation sites (tertiary alicyclic amines) is 1. The molecular formula is C74H98N8O20. The topological polar surface area (TPSA) is 318 Å². The normalized spacial score (nSPS) is 18.1. The number of hydrogen-bond acceptors (Lipinski definition) is 22. The van der Waals surface area contributed by atoms with Crippen LogP contribution in [0.3, 0.4) is 0 Å². The number of fused-ring (bicyclic) bond motifs is 4. The molecule has 5 atom stereocenters. The number of ether oxygens (including phenoxy) is 12. The summed E-state index contributed by atoms with van der Waals surface area (Å²) in [6.45, 7) is 13.8. The van der Waals surface area contributed by atoms with Gasteiger partial charge in [0, 0.05) is 106 Å². The monoisotopic (exact) mass is 1420 g/mol. The average molecular weight is 1420 g/mol. The molecule has 28 nitrogen and oxygen atoms in total. The van der Waals surface area contributed by atoms with E-state index in [9.17, 15) is 38.4 Å². The second-order valence-electron chi connectivity index (χ2n) is 25.9. The van der Waals surface area contributed by atoms with Crippen molar-refractivity contribution in [1.82, 2.24) is 25.3 Å². The minimum atomic E-state index is -0.787. The number of rotatable bonds is 47. The van der Waals surface area contributed by atoms with E-state index in [0.717, 1.165) is 22.5 Å². The maximum atomic E-state index is 14.2. The van der Waals surface area contributed by atoms with Crippen molar-refractivity contribution in [1.29, 1.82) is 0 Å². The third-order valence-electron chi connectivity index (χ3n) is 17.8. The molecule has 102 heavy (non-hydrogen) atoms. The Balaban J connectivity index is 0.567. The lowest BCUT2D eigenvalue weighted by atomic mass is 9.92. The number of benzene rings is 3. The van der Waals surface area contributed by atoms with Gasteiger partial charge >= 0.3 is 0 Å². The molecule has 0 aromatic heterocycles. The molecule has 1 saturated carbocycles. The van der Waals surface area contributed by atoms with Gasteiger partial charge in [-0.1, -0.05) is 39.8 Å². The number of anilines is 1. The van der Waals surface area contributed by atoms with Crippen molar-refractivity contribution in [3.8, 4) is 23.0 Å². The predicted molar refractivity (Wildman–Crippen MR) is 376 cm³/mol. The molecule has 9 rings (SSSR count). The number of Topliss-reactive ketones (excluding diaryl/α,β-unsaturated/α-hetero) is 1. The second kappa shape index (κ2) is 39.8. The van der Waals surface area contributed by atoms with Crippen LogP contribution >= 0.6 is 0 Å². The highest BCUT2D eigenvalue weighted by molar-refractivity contribution is 6.07. The number of aliphatic imine (C=N–C) groups is 2. The summed E-state index contributed by atoms with van der Waals surface area (Å²) >= 11 is 0. The van der Waals surface area contributed by atoms with E-state index in [2.05, 4.69) is 16.0 Å². The molecular weight excluding hydrogens is 1320 g/mol. The molecule has 7 amide bonds. The van der Waals surface area contributed by atoms with Crippen LogP contribution in [0, 0.1) is 23.7 Å². The van der Waals surface area contributed by atoms with E-state index in [-0.39, 0.29) is 130 Å². The first-order valence-electron chi connectivity index (χ1n) is 35.3. The van der Waals surface area contributed by atoms with Gasteiger partial charge in [0.1, 0.15) is 0 Å². The maximum absolute atomic E-state index is 14.2. The molecule has 0 bridgehead atoms. The molecule has 1 saturated heterocycles. The molecule has 3 aromatic rings. The van der Waals surface area contributed by atoms with E-state index in [0.29, 0.717) is 169 Å². The summed E-state index contributed by atoms with van der Waals surface area (Å²) in [5.41, 5.74) is 5.42. The number of nitrogens with zero attached hydrogens (tertiary/aromatic N) is 5. The van der Waals surface area contributed by atoms with Gasteiger partial charge in [0.25, 0.3) is 11.8 Å². The molecule has 0 spiro atoms. The van der Waals surface area contributed by atoms with Crippen LogP contribution in [0.2, 0.25) is 0 Å². The molecule has 28 heteroatoms. The predicted octanol–water partition coefficient (Wildman–Crippen LogP) is 6.85. The Labute approximate surface area is 595 Å². The van der Waals surface area contributed by atoms with Gasteiger partial charge in [-0.25, -0.2) is 0 Å². The summed E-state index contributed by atoms with van der Waals surface area (Å²) in [6, 6.07) is 12.9. The Morgan fingerprint density at radius 3 is 1.56 bits per heavy atom. The van der Waals surface area contributed by atoms with E-state index in [4.69, 9.17) is 66.8 Å². The van der Waals surface area contributed by atoms with Crippen LogP contribution < -0.4 is 34.9 Å². The molecule has 5 heterocycles. The smallest absolute Gasteiger partial charge is 0.260 e. The van der Waals surface area contributed by atoms with Gasteiger partial charge in [0.2, 0.25) is 29.5 Å². The lowest BCUT2D eigenvalue weighted by molar-refractivity contribution is -0.139. The van der Waals surface area contributed by atoms with Gasteiger partial charge in [0.15, 0.2) is 28.8 Å². The number of methoxy groups -OCH3 is 2. The standard InChI is InChI=1S/C74H98N8O20/c1-48(2)70(79-68(85)15-20-93-22-24-95-26-28-97-30-32-99-34-35-100-33-31-98-29-27-96-25-23-94-21-16-75-67(84)14-17-80-69(86)37-50(4)72(80)88)62(83)36-49(3)71(87)78-55-12-10-52(11-13-55)54-39-57-45-77-61-43-66(64(92-6)41-59(61)74(90)82(57)47-54)102-19-7-18-101-65-42-60-58(40-63(65)91-5)73(89)81-46-53(51-8-9-51)38-56(81)44-76-60/h10-13,40-51,56-57,70H,7-9,14-39H2,1-6H3,(H,75,84)(H,78,87)(H,79,85)/t49-,50?,56+,57+,70+/m1/s1. The highest BCUT2D eigenvalue weighted by Gasteiger charge is 2.39. The van der Waals surface area contributed by atoms with Crippen LogP contribution in [0.15, 0.2) is 76.5 Å². The summed E-state index contributed by atoms with van der Waals surface area (Å²) < 4.78 is 67.8. The first-order chi connectivity index (χ1) is 49.5. The fraction of sp³-hybridized carbons (Fsp3) is 0.568. The Morgan fingerprint density at radius 2 is 1.07 bits per heavy atom. The Bertz CT molecular complexity index is 3500. The van der Waals surface area contributed by atoms with Crippen molar-refractivity contribution < 1.29 is 95.2 Å². The van der Waals surface area contributed by atoms with Crippen LogP contribution in [0.4, 0.5) is 17.1 Å². The molecule has 554 valence electrons. The van der Waals surface area contributed by atoms with Crippen molar-refractivity contribution in [2.75, 3.05) is 152 Å². The van der Waals surface area contributed by atoms with Crippen molar-refractivity contribution in [2.45, 2.75) is 104 Å². The lowest BCUT2D eigenvalue weighted by Crippen LogP contribution is -2.45. The molecule has 1 aliphatic carbocycles. The van der Waals surface area contributed by atoms with E-state index >= 15 is 0 Å². The van der Waals surface area contributed by atoms with E-state index in [1.807, 2.05) is 44.6 Å². The van der Waals surface area contributed by atoms with Crippen LogP contribution in [0.25, 0.3) is 5.57 Å². The Hall–Kier alpha value is -8.48. The van der Waals surface area contributed by atoms with Crippen molar-refractivity contribution in [3.05, 3.63) is 83.2 Å². The van der Waals surface area contributed by atoms with Crippen molar-refractivity contribution in [3.63, 3.8) is 0 Å². The van der Waals surface area contributed by atoms with E-state index in [1.165, 1.54) is 25.5 Å². The summed E-state index contributed by atoms with van der Waals surface area (Å²) in [4.78, 5) is 117. The van der Waals surface area contributed by atoms with E-state index in [1.54, 1.807) is 73.4 Å². The number of carbonyl (C=O) groups is 8. The third-order valence-corrected chi connectivity index (χ3v) is 17.8. The van der Waals surface area contributed by atoms with Crippen LogP contribution in [-0.4, -0.2) is 239 Å². The van der Waals surface area contributed by atoms with E-state index < -0.39 is 12.0 Å². The quantitative estimate of drug-likeness (QED) is 0.0384. The zero-order valence-electron chi connectivity index (χ0n) is 59.4. The van der Waals surface area contributed by atoms with Gasteiger partial charge in [-0.3, -0.25) is 53.2 Å². The van der Waals surface area contributed by atoms with Crippen LogP contribution in [0.1, 0.15) is 112 Å². The first kappa shape index (κ1) is 77.7. The zero-order chi connectivity index (χ0) is 72.3. The number of nitrogens with one attached hydrogen (secondary N) is 3. The van der Waals surface area contributed by atoms with Crippen LogP contribution in [-0.2, 0) is 66.7 Å². The second-order valence-corrected chi connectivity index (χ2v) is 25.9. The van der Waals surface area contributed by atoms with Gasteiger partial charge in [-0.2, -0.15) is 0 Å². The number of ketones is 1. The largest absolute Gasteiger partial charge is 0.493 e. The first-order valence-corrected chi connectivity index (χ1v) is 35.3. The minimum absolute atomic E-state index is 0.0432. The Kier molecular flexibility index (Phi) is 30.3. The fourth-order valence-corrected chi connectivity index (χ4v) is 12.0. The summed E-state index contributed by atoms with van der Waals surface area (Å²) in [6.07, 6.45) is 11.8. The molecule has 3 N–H and O–H groups in total. The number of imide groups is 1. The van der Waals surface area contributed by atoms with Gasteiger partial charge in [-0.15, -0.1) is 0 Å². The maximum Gasteiger partial charge on any atom is 0.260 e. The number of amides is 7. The highest BCUT2D eigenvalue weighted by Crippen LogP contribution is 2.45. The highest BCUT2D eigenvalue weighted by atomic mass is 16.6. The van der Waals surface area contributed by atoms with Gasteiger partial charge in [-0.05, 0) is 72.1 Å². The van der Waals surface area contributed by atoms with Crippen LogP contribution in [0.5, 0.6) is 23.0 Å². The average Bonchev–Trinajstić information content (AvgIpc) is 1.61. The Morgan fingerprint density at radius 1 is 0.569 bits per heavy atom. The fourth-order valence-electron chi connectivity index (χ4n) is 12.0. The summed E-state index contributed by atoms with van der Waals surface area (Å²) in [5, 5.41) is 8.45. The van der Waals surface area contributed by atoms with Crippen molar-refractivity contribution >= 4 is 82.2 Å². The molecule has 6 aliphatic rings. The molecule has 1 unspecified atom stereocenters. The van der Waals surface area contributed by atoms with Gasteiger partial charge < -0.3 is 82.6 Å². The van der Waals surface area contributed by atoms with Gasteiger partial charge in [0.05, 0.1) is 174 Å². The van der Waals surface area contributed by atoms with Crippen molar-refractivity contribution in [2.24, 2.45) is 33.7 Å².